The van der Waals surface area contributed by atoms with Crippen molar-refractivity contribution in [2.24, 2.45) is 0 Å². The maximum absolute atomic E-state index is 9.58. The Hall–Kier alpha value is -1.98. The zero-order valence-electron chi connectivity index (χ0n) is 15.4. The fourth-order valence-corrected chi connectivity index (χ4v) is 4.87. The zero-order valence-corrected chi connectivity index (χ0v) is 16.2. The van der Waals surface area contributed by atoms with Crippen LogP contribution in [0.3, 0.4) is 0 Å². The predicted molar refractivity (Wildman–Crippen MR) is 109 cm³/mol. The van der Waals surface area contributed by atoms with Crippen molar-refractivity contribution < 1.29 is 5.11 Å². The topological polar surface area (TPSA) is 58.0 Å². The van der Waals surface area contributed by atoms with E-state index >= 15 is 0 Å². The van der Waals surface area contributed by atoms with Crippen molar-refractivity contribution in [1.82, 2.24) is 9.97 Å². The average Bonchev–Trinajstić information content (AvgIpc) is 3.02. The highest BCUT2D eigenvalue weighted by molar-refractivity contribution is 7.19. The van der Waals surface area contributed by atoms with Gasteiger partial charge in [-0.25, -0.2) is 9.97 Å². The molecule has 0 spiro atoms. The Morgan fingerprint density at radius 1 is 1.19 bits per heavy atom. The third kappa shape index (κ3) is 3.10. The molecule has 0 aliphatic heterocycles. The van der Waals surface area contributed by atoms with E-state index in [4.69, 9.17) is 0 Å². The van der Waals surface area contributed by atoms with Crippen molar-refractivity contribution in [2.75, 3.05) is 11.9 Å². The lowest BCUT2D eigenvalue weighted by atomic mass is 9.89. The minimum absolute atomic E-state index is 0.00434. The third-order valence-electron chi connectivity index (χ3n) is 5.36. The van der Waals surface area contributed by atoms with Crippen molar-refractivity contribution in [3.05, 3.63) is 40.5 Å². The first-order valence-electron chi connectivity index (χ1n) is 9.45. The standard InChI is InChI=1S/C21H25N3OS/c1-3-17(11-25)24-20-19-18(13(2)26-21(19)23-12-22-20)16-9-8-14-6-4-5-7-15(14)10-16/h8-10,12,17,25H,3-7,11H2,1-2H3,(H,22,23,24). The van der Waals surface area contributed by atoms with E-state index < -0.39 is 0 Å². The molecule has 1 aliphatic carbocycles. The molecule has 3 aromatic rings. The molecule has 136 valence electrons. The fourth-order valence-electron chi connectivity index (χ4n) is 3.86. The molecule has 0 saturated carbocycles. The lowest BCUT2D eigenvalue weighted by molar-refractivity contribution is 0.271. The number of aromatic nitrogens is 2. The highest BCUT2D eigenvalue weighted by Gasteiger charge is 2.19. The average molecular weight is 368 g/mol. The number of hydrogen-bond donors (Lipinski definition) is 2. The summed E-state index contributed by atoms with van der Waals surface area (Å²) in [7, 11) is 0. The van der Waals surface area contributed by atoms with E-state index in [1.165, 1.54) is 52.8 Å². The Morgan fingerprint density at radius 3 is 2.77 bits per heavy atom. The lowest BCUT2D eigenvalue weighted by Crippen LogP contribution is -2.23. The van der Waals surface area contributed by atoms with Gasteiger partial charge in [-0.2, -0.15) is 0 Å². The summed E-state index contributed by atoms with van der Waals surface area (Å²) in [6, 6.07) is 6.92. The van der Waals surface area contributed by atoms with Gasteiger partial charge in [0, 0.05) is 10.4 Å². The second-order valence-electron chi connectivity index (χ2n) is 7.06. The van der Waals surface area contributed by atoms with Gasteiger partial charge in [0.15, 0.2) is 0 Å². The number of nitrogens with zero attached hydrogens (tertiary/aromatic N) is 2. The number of rotatable bonds is 5. The van der Waals surface area contributed by atoms with Crippen LogP contribution in [0.5, 0.6) is 0 Å². The van der Waals surface area contributed by atoms with Crippen LogP contribution < -0.4 is 5.32 Å². The van der Waals surface area contributed by atoms with Crippen LogP contribution in [0, 0.1) is 6.92 Å². The maximum atomic E-state index is 9.58. The van der Waals surface area contributed by atoms with Crippen molar-refractivity contribution in [1.29, 1.82) is 0 Å². The van der Waals surface area contributed by atoms with Crippen LogP contribution in [0.15, 0.2) is 24.5 Å². The van der Waals surface area contributed by atoms with Gasteiger partial charge >= 0.3 is 0 Å². The molecule has 2 aromatic heterocycles. The molecule has 0 amide bonds. The van der Waals surface area contributed by atoms with Crippen molar-refractivity contribution in [3.8, 4) is 11.1 Å². The van der Waals surface area contributed by atoms with Crippen LogP contribution in [0.25, 0.3) is 21.3 Å². The normalized spacial score (nSPS) is 15.0. The molecule has 1 atom stereocenters. The number of nitrogens with one attached hydrogen (secondary N) is 1. The molecule has 2 heterocycles. The lowest BCUT2D eigenvalue weighted by Gasteiger charge is -2.18. The van der Waals surface area contributed by atoms with Gasteiger partial charge in [-0.3, -0.25) is 0 Å². The number of aryl methyl sites for hydroxylation is 3. The van der Waals surface area contributed by atoms with Crippen LogP contribution in [0.2, 0.25) is 0 Å². The van der Waals surface area contributed by atoms with Gasteiger partial charge in [0.05, 0.1) is 18.0 Å². The molecule has 0 fully saturated rings. The van der Waals surface area contributed by atoms with E-state index in [-0.39, 0.29) is 12.6 Å². The van der Waals surface area contributed by atoms with Crippen LogP contribution >= 0.6 is 11.3 Å². The predicted octanol–water partition coefficient (Wildman–Crippen LogP) is 4.73. The fraction of sp³-hybridized carbons (Fsp3) is 0.429. The van der Waals surface area contributed by atoms with E-state index in [2.05, 4.69) is 47.3 Å². The van der Waals surface area contributed by atoms with E-state index in [0.29, 0.717) is 0 Å². The first-order chi connectivity index (χ1) is 12.7. The first kappa shape index (κ1) is 17.4. The Kier molecular flexibility index (Phi) is 4.92. The second-order valence-corrected chi connectivity index (χ2v) is 8.26. The summed E-state index contributed by atoms with van der Waals surface area (Å²) in [5, 5.41) is 14.1. The SMILES string of the molecule is CCC(CO)Nc1ncnc2sc(C)c(-c3ccc4c(c3)CCCC4)c12. The molecule has 1 aromatic carbocycles. The number of anilines is 1. The number of hydrogen-bond acceptors (Lipinski definition) is 5. The number of aliphatic hydroxyl groups excluding tert-OH is 1. The quantitative estimate of drug-likeness (QED) is 0.684. The molecular weight excluding hydrogens is 342 g/mol. The number of fused-ring (bicyclic) bond motifs is 2. The summed E-state index contributed by atoms with van der Waals surface area (Å²) in [6.45, 7) is 4.32. The molecule has 0 radical (unpaired) electrons. The largest absolute Gasteiger partial charge is 0.394 e. The zero-order chi connectivity index (χ0) is 18.1. The molecule has 4 nitrogen and oxygen atoms in total. The minimum Gasteiger partial charge on any atom is -0.394 e. The molecule has 2 N–H and O–H groups in total. The monoisotopic (exact) mass is 367 g/mol. The Bertz CT molecular complexity index is 930. The van der Waals surface area contributed by atoms with E-state index in [1.807, 2.05) is 0 Å². The number of thiophene rings is 1. The van der Waals surface area contributed by atoms with Gasteiger partial charge in [-0.1, -0.05) is 25.1 Å². The minimum atomic E-state index is 0.00434. The van der Waals surface area contributed by atoms with Crippen molar-refractivity contribution >= 4 is 27.4 Å². The van der Waals surface area contributed by atoms with Crippen molar-refractivity contribution in [2.45, 2.75) is 52.0 Å². The molecule has 0 saturated heterocycles. The molecule has 5 heteroatoms. The van der Waals surface area contributed by atoms with Crippen LogP contribution in [0.1, 0.15) is 42.2 Å². The van der Waals surface area contributed by atoms with Gasteiger partial charge in [0.25, 0.3) is 0 Å². The van der Waals surface area contributed by atoms with Crippen molar-refractivity contribution in [3.63, 3.8) is 0 Å². The Morgan fingerprint density at radius 2 is 2.00 bits per heavy atom. The third-order valence-corrected chi connectivity index (χ3v) is 6.37. The van der Waals surface area contributed by atoms with Crippen LogP contribution in [-0.4, -0.2) is 27.7 Å². The summed E-state index contributed by atoms with van der Waals surface area (Å²) < 4.78 is 0. The summed E-state index contributed by atoms with van der Waals surface area (Å²) in [6.07, 6.45) is 7.41. The highest BCUT2D eigenvalue weighted by Crippen LogP contribution is 2.41. The van der Waals surface area contributed by atoms with Gasteiger partial charge in [0.2, 0.25) is 0 Å². The second kappa shape index (κ2) is 7.33. The number of benzene rings is 1. The van der Waals surface area contributed by atoms with Crippen LogP contribution in [-0.2, 0) is 12.8 Å². The summed E-state index contributed by atoms with van der Waals surface area (Å²) >= 11 is 1.71. The van der Waals surface area contributed by atoms with Crippen LogP contribution in [0.4, 0.5) is 5.82 Å². The highest BCUT2D eigenvalue weighted by atomic mass is 32.1. The van der Waals surface area contributed by atoms with Gasteiger partial charge < -0.3 is 10.4 Å². The van der Waals surface area contributed by atoms with Gasteiger partial charge in [-0.05, 0) is 55.7 Å². The Labute approximate surface area is 158 Å². The molecule has 0 bridgehead atoms. The van der Waals surface area contributed by atoms with Gasteiger partial charge in [-0.15, -0.1) is 11.3 Å². The molecule has 4 rings (SSSR count). The van der Waals surface area contributed by atoms with E-state index in [0.717, 1.165) is 22.5 Å². The first-order valence-corrected chi connectivity index (χ1v) is 10.3. The Balaban J connectivity index is 1.85. The molecule has 1 aliphatic rings. The summed E-state index contributed by atoms with van der Waals surface area (Å²) in [5.41, 5.74) is 5.47. The van der Waals surface area contributed by atoms with E-state index in [9.17, 15) is 5.11 Å². The molecular formula is C21H25N3OS. The smallest absolute Gasteiger partial charge is 0.139 e. The maximum Gasteiger partial charge on any atom is 0.139 e. The summed E-state index contributed by atoms with van der Waals surface area (Å²) in [5.74, 6) is 0.827. The van der Waals surface area contributed by atoms with Gasteiger partial charge in [0.1, 0.15) is 17.0 Å². The van der Waals surface area contributed by atoms with E-state index in [1.54, 1.807) is 17.7 Å². The summed E-state index contributed by atoms with van der Waals surface area (Å²) in [4.78, 5) is 11.3. The molecule has 26 heavy (non-hydrogen) atoms. The number of aliphatic hydroxyl groups is 1. The molecule has 1 unspecified atom stereocenters.